The highest BCUT2D eigenvalue weighted by atomic mass is 32.2. The van der Waals surface area contributed by atoms with Crippen molar-refractivity contribution in [1.29, 1.82) is 0 Å². The Hall–Kier alpha value is -2.45. The van der Waals surface area contributed by atoms with Crippen molar-refractivity contribution in [1.82, 2.24) is 9.21 Å². The van der Waals surface area contributed by atoms with Crippen molar-refractivity contribution in [2.75, 3.05) is 44.2 Å². The Kier molecular flexibility index (Phi) is 6.29. The maximum Gasteiger partial charge on any atom is 0.243 e. The van der Waals surface area contributed by atoms with E-state index in [1.165, 1.54) is 10.4 Å². The predicted molar refractivity (Wildman–Crippen MR) is 118 cm³/mol. The third-order valence-electron chi connectivity index (χ3n) is 6.18. The standard InChI is InChI=1S/C23H28FN3O3S/c1-18-8-10-20(11-9-18)31(29,30)27-12-4-5-19(17-27)23(28)26-15-13-25(14-16-26)22-7-3-2-6-21(22)24/h2-3,6-11,19H,4-5,12-17H2,1H3/t19-/m1/s1. The molecule has 6 nitrogen and oxygen atoms in total. The molecule has 2 saturated heterocycles. The number of piperazine rings is 1. The Morgan fingerprint density at radius 2 is 1.65 bits per heavy atom. The number of amides is 1. The Bertz CT molecular complexity index is 1030. The molecule has 0 spiro atoms. The van der Waals surface area contributed by atoms with E-state index in [-0.39, 0.29) is 29.1 Å². The van der Waals surface area contributed by atoms with Gasteiger partial charge < -0.3 is 9.80 Å². The number of halogens is 1. The third-order valence-corrected chi connectivity index (χ3v) is 8.06. The van der Waals surface area contributed by atoms with Crippen LogP contribution in [0.25, 0.3) is 0 Å². The fourth-order valence-corrected chi connectivity index (χ4v) is 5.88. The van der Waals surface area contributed by atoms with Crippen molar-refractivity contribution in [3.8, 4) is 0 Å². The van der Waals surface area contributed by atoms with Crippen LogP contribution in [0.3, 0.4) is 0 Å². The molecule has 0 bridgehead atoms. The molecule has 2 heterocycles. The number of nitrogens with zero attached hydrogens (tertiary/aromatic N) is 3. The number of hydrogen-bond acceptors (Lipinski definition) is 4. The maximum atomic E-state index is 14.1. The summed E-state index contributed by atoms with van der Waals surface area (Å²) in [5, 5.41) is 0. The Morgan fingerprint density at radius 1 is 0.968 bits per heavy atom. The van der Waals surface area contributed by atoms with E-state index in [0.717, 1.165) is 5.56 Å². The van der Waals surface area contributed by atoms with Crippen LogP contribution in [0.4, 0.5) is 10.1 Å². The van der Waals surface area contributed by atoms with Gasteiger partial charge >= 0.3 is 0 Å². The van der Waals surface area contributed by atoms with E-state index in [9.17, 15) is 17.6 Å². The van der Waals surface area contributed by atoms with Crippen LogP contribution < -0.4 is 4.90 Å². The van der Waals surface area contributed by atoms with Gasteiger partial charge in [-0.25, -0.2) is 12.8 Å². The first-order chi connectivity index (χ1) is 14.9. The number of sulfonamides is 1. The highest BCUT2D eigenvalue weighted by Crippen LogP contribution is 2.26. The van der Waals surface area contributed by atoms with E-state index in [2.05, 4.69) is 0 Å². The smallest absolute Gasteiger partial charge is 0.243 e. The minimum absolute atomic E-state index is 0.00279. The van der Waals surface area contributed by atoms with Crippen LogP contribution in [0.2, 0.25) is 0 Å². The molecule has 0 unspecified atom stereocenters. The number of carbonyl (C=O) groups excluding carboxylic acids is 1. The molecule has 0 N–H and O–H groups in total. The SMILES string of the molecule is Cc1ccc(S(=O)(=O)N2CCC[C@@H](C(=O)N3CCN(c4ccccc4F)CC3)C2)cc1. The molecule has 1 atom stereocenters. The number of anilines is 1. The van der Waals surface area contributed by atoms with Gasteiger partial charge in [0.25, 0.3) is 0 Å². The second-order valence-corrected chi connectivity index (χ2v) is 10.2. The van der Waals surface area contributed by atoms with E-state index in [1.807, 2.05) is 11.8 Å². The lowest BCUT2D eigenvalue weighted by Crippen LogP contribution is -2.53. The summed E-state index contributed by atoms with van der Waals surface area (Å²) in [7, 11) is -3.61. The minimum Gasteiger partial charge on any atom is -0.366 e. The molecule has 2 aliphatic rings. The lowest BCUT2D eigenvalue weighted by Gasteiger charge is -2.39. The first-order valence-corrected chi connectivity index (χ1v) is 12.2. The quantitative estimate of drug-likeness (QED) is 0.726. The van der Waals surface area contributed by atoms with Gasteiger partial charge in [0.2, 0.25) is 15.9 Å². The van der Waals surface area contributed by atoms with E-state index in [1.54, 1.807) is 47.4 Å². The topological polar surface area (TPSA) is 60.9 Å². The monoisotopic (exact) mass is 445 g/mol. The van der Waals surface area contributed by atoms with Crippen molar-refractivity contribution in [2.24, 2.45) is 5.92 Å². The Balaban J connectivity index is 1.39. The largest absolute Gasteiger partial charge is 0.366 e. The predicted octanol–water partition coefficient (Wildman–Crippen LogP) is 2.88. The second kappa shape index (κ2) is 8.96. The lowest BCUT2D eigenvalue weighted by molar-refractivity contribution is -0.137. The maximum absolute atomic E-state index is 14.1. The van der Waals surface area contributed by atoms with Gasteiger partial charge in [-0.2, -0.15) is 4.31 Å². The van der Waals surface area contributed by atoms with Crippen LogP contribution in [0.1, 0.15) is 18.4 Å². The van der Waals surface area contributed by atoms with Crippen molar-refractivity contribution in [3.63, 3.8) is 0 Å². The molecular weight excluding hydrogens is 417 g/mol. The van der Waals surface area contributed by atoms with Crippen LogP contribution >= 0.6 is 0 Å². The molecule has 0 saturated carbocycles. The zero-order valence-electron chi connectivity index (χ0n) is 17.7. The normalized spacial score (nSPS) is 20.6. The van der Waals surface area contributed by atoms with E-state index >= 15 is 0 Å². The second-order valence-electron chi connectivity index (χ2n) is 8.28. The van der Waals surface area contributed by atoms with Gasteiger partial charge in [0, 0.05) is 39.3 Å². The molecule has 0 aromatic heterocycles. The van der Waals surface area contributed by atoms with E-state index < -0.39 is 10.0 Å². The van der Waals surface area contributed by atoms with Gasteiger partial charge in [-0.15, -0.1) is 0 Å². The van der Waals surface area contributed by atoms with Gasteiger partial charge in [0.1, 0.15) is 5.82 Å². The highest BCUT2D eigenvalue weighted by Gasteiger charge is 2.36. The van der Waals surface area contributed by atoms with E-state index in [4.69, 9.17) is 0 Å². The average Bonchev–Trinajstić information content (AvgIpc) is 2.79. The molecule has 2 aromatic rings. The Labute approximate surface area is 183 Å². The lowest BCUT2D eigenvalue weighted by atomic mass is 9.97. The number of para-hydroxylation sites is 1. The van der Waals surface area contributed by atoms with Crippen LogP contribution in [0.5, 0.6) is 0 Å². The van der Waals surface area contributed by atoms with Crippen LogP contribution in [0, 0.1) is 18.7 Å². The van der Waals surface area contributed by atoms with Crippen molar-refractivity contribution >= 4 is 21.6 Å². The number of aryl methyl sites for hydroxylation is 1. The van der Waals surface area contributed by atoms with Crippen molar-refractivity contribution in [2.45, 2.75) is 24.7 Å². The fraction of sp³-hybridized carbons (Fsp3) is 0.435. The fourth-order valence-electron chi connectivity index (χ4n) is 4.36. The number of benzene rings is 2. The molecule has 2 aliphatic heterocycles. The molecule has 1 amide bonds. The zero-order valence-corrected chi connectivity index (χ0v) is 18.5. The molecule has 8 heteroatoms. The molecule has 2 fully saturated rings. The summed E-state index contributed by atoms with van der Waals surface area (Å²) in [5.74, 6) is -0.600. The summed E-state index contributed by atoms with van der Waals surface area (Å²) in [5.41, 5.74) is 1.56. The van der Waals surface area contributed by atoms with Gasteiger partial charge in [-0.05, 0) is 44.0 Å². The summed E-state index contributed by atoms with van der Waals surface area (Å²) in [6.45, 7) is 4.69. The van der Waals surface area contributed by atoms with Gasteiger partial charge in [-0.3, -0.25) is 4.79 Å². The number of hydrogen-bond donors (Lipinski definition) is 0. The van der Waals surface area contributed by atoms with Crippen LogP contribution in [0.15, 0.2) is 53.4 Å². The highest BCUT2D eigenvalue weighted by molar-refractivity contribution is 7.89. The molecule has 2 aromatic carbocycles. The summed E-state index contributed by atoms with van der Waals surface area (Å²) in [6.07, 6.45) is 1.35. The summed E-state index contributed by atoms with van der Waals surface area (Å²) >= 11 is 0. The van der Waals surface area contributed by atoms with Crippen molar-refractivity contribution < 1.29 is 17.6 Å². The van der Waals surface area contributed by atoms with Gasteiger partial charge in [0.05, 0.1) is 16.5 Å². The summed E-state index contributed by atoms with van der Waals surface area (Å²) < 4.78 is 41.6. The molecule has 166 valence electrons. The number of rotatable bonds is 4. The van der Waals surface area contributed by atoms with E-state index in [0.29, 0.717) is 51.3 Å². The van der Waals surface area contributed by atoms with Crippen molar-refractivity contribution in [3.05, 3.63) is 59.9 Å². The zero-order chi connectivity index (χ0) is 22.0. The molecule has 4 rings (SSSR count). The Morgan fingerprint density at radius 3 is 2.32 bits per heavy atom. The third kappa shape index (κ3) is 4.60. The molecular formula is C23H28FN3O3S. The van der Waals surface area contributed by atoms with Gasteiger partial charge in [-0.1, -0.05) is 29.8 Å². The first kappa shape index (κ1) is 21.8. The number of piperidine rings is 1. The first-order valence-electron chi connectivity index (χ1n) is 10.7. The summed E-state index contributed by atoms with van der Waals surface area (Å²) in [6, 6.07) is 13.5. The number of carbonyl (C=O) groups is 1. The molecule has 31 heavy (non-hydrogen) atoms. The van der Waals surface area contributed by atoms with Crippen LogP contribution in [-0.2, 0) is 14.8 Å². The molecule has 0 aliphatic carbocycles. The minimum atomic E-state index is -3.61. The average molecular weight is 446 g/mol. The van der Waals surface area contributed by atoms with Crippen LogP contribution in [-0.4, -0.2) is 62.8 Å². The molecule has 0 radical (unpaired) electrons. The summed E-state index contributed by atoms with van der Waals surface area (Å²) in [4.78, 5) is 17.1. The van der Waals surface area contributed by atoms with Gasteiger partial charge in [0.15, 0.2) is 0 Å².